The van der Waals surface area contributed by atoms with E-state index in [0.717, 1.165) is 25.0 Å². The molecular formula is C76H114F2N8O16S. The summed E-state index contributed by atoms with van der Waals surface area (Å²) in [7, 11) is 6.07. The number of primary amides is 1. The van der Waals surface area contributed by atoms with E-state index in [1.807, 2.05) is 27.7 Å². The molecule has 2 aliphatic carbocycles. The molecule has 3 fully saturated rings. The Kier molecular flexibility index (Phi) is 34.6. The molecule has 574 valence electrons. The van der Waals surface area contributed by atoms with Crippen LogP contribution in [0.5, 0.6) is 0 Å². The number of nitrogens with zero attached hydrogens (tertiary/aromatic N) is 3. The second kappa shape index (κ2) is 41.3. The number of carbonyl (C=O) groups is 12. The molecule has 2 unspecified atom stereocenters. The molecule has 8 amide bonds. The minimum absolute atomic E-state index is 0.0173. The number of aliphatic carboxylic acids is 1. The van der Waals surface area contributed by atoms with Crippen LogP contribution in [0, 0.1) is 64.4 Å². The fraction of sp³-hybridized carbons (Fsp3) is 0.684. The summed E-state index contributed by atoms with van der Waals surface area (Å²) in [6, 6.07) is 6.30. The first-order chi connectivity index (χ1) is 48.7. The van der Waals surface area contributed by atoms with Gasteiger partial charge in [0.1, 0.15) is 24.0 Å². The van der Waals surface area contributed by atoms with Gasteiger partial charge in [-0.05, 0) is 117 Å². The number of ketones is 4. The van der Waals surface area contributed by atoms with Crippen LogP contribution >= 0.6 is 11.8 Å². The van der Waals surface area contributed by atoms with Gasteiger partial charge in [-0.1, -0.05) is 99.8 Å². The zero-order valence-corrected chi connectivity index (χ0v) is 63.4. The average Bonchev–Trinajstić information content (AvgIpc) is 1.67. The van der Waals surface area contributed by atoms with Crippen LogP contribution in [0.4, 0.5) is 24.1 Å². The number of carboxylic acid groups (broad SMARTS) is 1. The number of halogens is 2. The quantitative estimate of drug-likeness (QED) is 0.0265. The number of urea groups is 1. The largest absolute Gasteiger partial charge is 0.481 e. The summed E-state index contributed by atoms with van der Waals surface area (Å²) in [6.07, 6.45) is 3.21. The first kappa shape index (κ1) is 86.3. The zero-order valence-electron chi connectivity index (χ0n) is 62.6. The molecule has 24 nitrogen and oxygen atoms in total. The maximum atomic E-state index is 14.9. The standard InChI is InChI=1S/C76H114F2N8O16S/c1-14-47(8)68(61(100-12)40-64(91)86-36-20-25-57(86)70(101-13)48(9)71(95)80-35-31-52-55(77)23-18-24-56(52)78)84(10)73(97)54(44(2)3)38-60(89)67(46(6)7)85(11)75(99)102-42-49-27-29-51(30-28-49)82-72(96)50(21-19-34-81-74(79)98)37-59(88)66(45(4)5)83-63(90)26-17-15-16-22-53-58(87)39-62(69(53)94)103-43-76(32-33-76)41-65(92)93/h18,23-24,27-30,44-48,50,53-54,57,61-62,66-68,70H,14-17,19-22,25-26,31-43H2,1-13H3,(H,80,95)(H,82,96)(H,83,90)(H,92,93)(H3,79,81,98)/t47-,48+,50+,53?,54-,57-,61+,62?,66-,67-,68-,70+/m0/s1. The number of thioether (sulfide) groups is 1. The Morgan fingerprint density at radius 3 is 2.04 bits per heavy atom. The minimum Gasteiger partial charge on any atom is -0.481 e. The van der Waals surface area contributed by atoms with E-state index in [1.165, 1.54) is 44.0 Å². The van der Waals surface area contributed by atoms with Crippen molar-refractivity contribution in [2.45, 2.75) is 226 Å². The Labute approximate surface area is 610 Å². The van der Waals surface area contributed by atoms with Gasteiger partial charge in [0.2, 0.25) is 29.5 Å². The summed E-state index contributed by atoms with van der Waals surface area (Å²) < 4.78 is 46.3. The van der Waals surface area contributed by atoms with Crippen LogP contribution in [0.3, 0.4) is 0 Å². The number of carbonyl (C=O) groups excluding carboxylic acids is 11. The maximum Gasteiger partial charge on any atom is 0.410 e. The lowest BCUT2D eigenvalue weighted by atomic mass is 9.83. The Hall–Kier alpha value is -7.39. The number of nitrogens with one attached hydrogen (secondary N) is 4. The van der Waals surface area contributed by atoms with Gasteiger partial charge in [0.25, 0.3) is 0 Å². The van der Waals surface area contributed by atoms with E-state index in [9.17, 15) is 71.4 Å². The summed E-state index contributed by atoms with van der Waals surface area (Å²) in [4.78, 5) is 166. The first-order valence-electron chi connectivity index (χ1n) is 36.6. The van der Waals surface area contributed by atoms with Crippen LogP contribution in [0.1, 0.15) is 183 Å². The van der Waals surface area contributed by atoms with Crippen LogP contribution in [0.2, 0.25) is 0 Å². The van der Waals surface area contributed by atoms with Gasteiger partial charge in [0, 0.05) is 102 Å². The molecule has 27 heteroatoms. The van der Waals surface area contributed by atoms with E-state index >= 15 is 0 Å². The summed E-state index contributed by atoms with van der Waals surface area (Å²) in [5, 5.41) is 19.8. The number of rotatable bonds is 45. The Morgan fingerprint density at radius 2 is 1.46 bits per heavy atom. The predicted octanol–water partition coefficient (Wildman–Crippen LogP) is 9.64. The third-order valence-corrected chi connectivity index (χ3v) is 22.5. The van der Waals surface area contributed by atoms with Crippen molar-refractivity contribution < 1.29 is 85.6 Å². The number of hydrogen-bond donors (Lipinski definition) is 6. The van der Waals surface area contributed by atoms with Crippen molar-refractivity contribution in [2.75, 3.05) is 59.0 Å². The van der Waals surface area contributed by atoms with E-state index in [2.05, 4.69) is 21.3 Å². The van der Waals surface area contributed by atoms with Gasteiger partial charge >= 0.3 is 18.1 Å². The van der Waals surface area contributed by atoms with Crippen molar-refractivity contribution in [1.29, 1.82) is 0 Å². The van der Waals surface area contributed by atoms with Crippen LogP contribution in [-0.2, 0) is 75.2 Å². The van der Waals surface area contributed by atoms with E-state index < -0.39 is 113 Å². The fourth-order valence-electron chi connectivity index (χ4n) is 14.4. The van der Waals surface area contributed by atoms with Crippen molar-refractivity contribution in [3.05, 3.63) is 65.2 Å². The minimum atomic E-state index is -0.994. The number of hydrogen-bond acceptors (Lipinski definition) is 16. The lowest BCUT2D eigenvalue weighted by Gasteiger charge is -2.41. The smallest absolute Gasteiger partial charge is 0.410 e. The van der Waals surface area contributed by atoms with Crippen LogP contribution < -0.4 is 27.0 Å². The van der Waals surface area contributed by atoms with Crippen LogP contribution in [0.15, 0.2) is 42.5 Å². The highest BCUT2D eigenvalue weighted by atomic mass is 32.2. The van der Waals surface area contributed by atoms with E-state index in [4.69, 9.17) is 19.9 Å². The number of likely N-dealkylation sites (tertiary alicyclic amines) is 1. The molecule has 0 radical (unpaired) electrons. The second-order valence-corrected chi connectivity index (χ2v) is 30.8. The predicted molar refractivity (Wildman–Crippen MR) is 387 cm³/mol. The number of carboxylic acids is 1. The number of methoxy groups -OCH3 is 2. The van der Waals surface area contributed by atoms with E-state index in [0.29, 0.717) is 74.9 Å². The lowest BCUT2D eigenvalue weighted by Crippen LogP contribution is -2.54. The molecule has 7 N–H and O–H groups in total. The van der Waals surface area contributed by atoms with Crippen molar-refractivity contribution >= 4 is 88.2 Å². The second-order valence-electron chi connectivity index (χ2n) is 29.6. The van der Waals surface area contributed by atoms with E-state index in [-0.39, 0.29) is 141 Å². The average molecular weight is 1470 g/mol. The maximum absolute atomic E-state index is 14.9. The molecule has 0 spiro atoms. The molecule has 2 aromatic carbocycles. The van der Waals surface area contributed by atoms with Crippen molar-refractivity contribution in [3.8, 4) is 0 Å². The van der Waals surface area contributed by atoms with Crippen molar-refractivity contribution in [2.24, 2.45) is 58.5 Å². The summed E-state index contributed by atoms with van der Waals surface area (Å²) in [5.41, 5.74) is 5.77. The summed E-state index contributed by atoms with van der Waals surface area (Å²) >= 11 is 1.39. The van der Waals surface area contributed by atoms with Gasteiger partial charge in [0.15, 0.2) is 17.3 Å². The number of benzene rings is 2. The number of unbranched alkanes of at least 4 members (excludes halogenated alkanes) is 2. The monoisotopic (exact) mass is 1460 g/mol. The molecule has 1 heterocycles. The first-order valence-corrected chi connectivity index (χ1v) is 37.6. The van der Waals surface area contributed by atoms with Gasteiger partial charge < -0.3 is 61.0 Å². The van der Waals surface area contributed by atoms with Gasteiger partial charge in [-0.3, -0.25) is 47.9 Å². The molecule has 2 aromatic rings. The number of likely N-dealkylation sites (N-methyl/N-ethyl adjacent to an activating group) is 2. The Balaban J connectivity index is 1.14. The summed E-state index contributed by atoms with van der Waals surface area (Å²) in [5.74, 6) is -8.94. The molecule has 0 bridgehead atoms. The normalized spacial score (nSPS) is 19.0. The van der Waals surface area contributed by atoms with Crippen LogP contribution in [-0.4, -0.2) is 186 Å². The molecular weight excluding hydrogens is 1350 g/mol. The topological polar surface area (TPSA) is 337 Å². The molecule has 2 saturated carbocycles. The number of Topliss-reactive ketones (excluding diaryl/α,β-unsaturated/α-hetero) is 4. The molecule has 1 saturated heterocycles. The SMILES string of the molecule is CC[C@H](C)[C@@H]([C@@H](CC(=O)N1CCC[C@H]1[C@H](OC)[C@@H](C)C(=O)NCCc1c(F)cccc1F)OC)N(C)C(=O)[C@@H](CC(=O)[C@H](C(C)C)N(C)C(=O)OCc1ccc(NC(=O)[C@H](CCCNC(N)=O)CC(=O)[C@@H](NC(=O)CCCCCC2C(=O)CC(SCC3(CC(=O)O)CC3)C2=O)C(C)C)cc1)C(C)C. The Morgan fingerprint density at radius 1 is 0.786 bits per heavy atom. The molecule has 0 aromatic heterocycles. The lowest BCUT2D eigenvalue weighted by molar-refractivity contribution is -0.149. The molecule has 5 rings (SSSR count). The number of ether oxygens (including phenoxy) is 3. The van der Waals surface area contributed by atoms with Gasteiger partial charge in [0.05, 0.1) is 66.3 Å². The van der Waals surface area contributed by atoms with E-state index in [1.54, 1.807) is 75.7 Å². The van der Waals surface area contributed by atoms with Crippen molar-refractivity contribution in [3.63, 3.8) is 0 Å². The third-order valence-electron chi connectivity index (χ3n) is 20.9. The highest BCUT2D eigenvalue weighted by Gasteiger charge is 2.48. The molecule has 103 heavy (non-hydrogen) atoms. The third kappa shape index (κ3) is 25.4. The van der Waals surface area contributed by atoms with Crippen molar-refractivity contribution in [1.82, 2.24) is 30.7 Å². The van der Waals surface area contributed by atoms with Gasteiger partial charge in [-0.2, -0.15) is 0 Å². The zero-order chi connectivity index (χ0) is 76.6. The highest BCUT2D eigenvalue weighted by molar-refractivity contribution is 8.00. The van der Waals surface area contributed by atoms with Gasteiger partial charge in [-0.25, -0.2) is 18.4 Å². The Bertz CT molecular complexity index is 3220. The van der Waals surface area contributed by atoms with Crippen LogP contribution in [0.25, 0.3) is 0 Å². The number of anilines is 1. The highest BCUT2D eigenvalue weighted by Crippen LogP contribution is 2.52. The molecule has 12 atom stereocenters. The van der Waals surface area contributed by atoms with Gasteiger partial charge in [-0.15, -0.1) is 11.8 Å². The summed E-state index contributed by atoms with van der Waals surface area (Å²) in [6.45, 7) is 16.8. The number of nitrogens with two attached hydrogens (primary N) is 1. The molecule has 1 aliphatic heterocycles. The molecule has 3 aliphatic rings. The number of amides is 8. The fourth-order valence-corrected chi connectivity index (χ4v) is 16.0.